The number of furan rings is 1. The van der Waals surface area contributed by atoms with Gasteiger partial charge in [-0.3, -0.25) is 9.59 Å². The molecule has 3 heterocycles. The van der Waals surface area contributed by atoms with Gasteiger partial charge in [0.25, 0.3) is 5.91 Å². The Morgan fingerprint density at radius 3 is 2.39 bits per heavy atom. The molecule has 2 amide bonds. The lowest BCUT2D eigenvalue weighted by Crippen LogP contribution is -2.51. The van der Waals surface area contributed by atoms with Gasteiger partial charge in [-0.15, -0.1) is 0 Å². The number of piperazine rings is 1. The number of carbonyl (C=O) groups is 2. The van der Waals surface area contributed by atoms with Crippen LogP contribution in [0.1, 0.15) is 22.0 Å². The third-order valence-electron chi connectivity index (χ3n) is 4.88. The molecule has 1 fully saturated rings. The van der Waals surface area contributed by atoms with Gasteiger partial charge in [-0.25, -0.2) is 4.98 Å². The van der Waals surface area contributed by atoms with E-state index in [1.807, 2.05) is 37.3 Å². The summed E-state index contributed by atoms with van der Waals surface area (Å²) in [4.78, 5) is 33.0. The zero-order valence-electron chi connectivity index (χ0n) is 15.6. The molecule has 0 radical (unpaired) electrons. The number of aromatic nitrogens is 1. The van der Waals surface area contributed by atoms with Crippen LogP contribution in [0.15, 0.2) is 57.6 Å². The van der Waals surface area contributed by atoms with Gasteiger partial charge in [-0.05, 0) is 31.2 Å². The van der Waals surface area contributed by atoms with Crippen LogP contribution in [0.3, 0.4) is 0 Å². The Bertz CT molecular complexity index is 955. The molecular weight excluding hydrogens is 358 g/mol. The minimum atomic E-state index is -0.142. The lowest BCUT2D eigenvalue weighted by Gasteiger charge is -2.34. The van der Waals surface area contributed by atoms with E-state index >= 15 is 0 Å². The van der Waals surface area contributed by atoms with E-state index in [9.17, 15) is 9.59 Å². The van der Waals surface area contributed by atoms with Crippen molar-refractivity contribution in [3.05, 3.63) is 65.9 Å². The van der Waals surface area contributed by atoms with Gasteiger partial charge in [0.05, 0.1) is 18.4 Å². The van der Waals surface area contributed by atoms with Gasteiger partial charge in [0.1, 0.15) is 5.76 Å². The van der Waals surface area contributed by atoms with Crippen LogP contribution in [0.4, 0.5) is 0 Å². The minimum absolute atomic E-state index is 0.0129. The first-order valence-corrected chi connectivity index (χ1v) is 9.24. The fourth-order valence-electron chi connectivity index (χ4n) is 3.27. The van der Waals surface area contributed by atoms with E-state index in [-0.39, 0.29) is 18.2 Å². The SMILES string of the molecule is Cc1oc(-c2ccccc2)nc1CC(=O)N1CCN(C(=O)c2ccco2)CC1. The van der Waals surface area contributed by atoms with Crippen molar-refractivity contribution in [1.82, 2.24) is 14.8 Å². The average Bonchev–Trinajstić information content (AvgIpc) is 3.39. The topological polar surface area (TPSA) is 79.8 Å². The molecular formula is C21H21N3O4. The van der Waals surface area contributed by atoms with Crippen LogP contribution in [-0.2, 0) is 11.2 Å². The molecule has 1 aliphatic heterocycles. The fraction of sp³-hybridized carbons (Fsp3) is 0.286. The van der Waals surface area contributed by atoms with Crippen molar-refractivity contribution in [1.29, 1.82) is 0 Å². The number of rotatable bonds is 4. The Balaban J connectivity index is 1.36. The lowest BCUT2D eigenvalue weighted by molar-refractivity contribution is -0.132. The highest BCUT2D eigenvalue weighted by molar-refractivity contribution is 5.91. The van der Waals surface area contributed by atoms with E-state index in [0.717, 1.165) is 5.56 Å². The summed E-state index contributed by atoms with van der Waals surface area (Å²) in [5.41, 5.74) is 1.53. The molecule has 1 saturated heterocycles. The molecule has 0 atom stereocenters. The van der Waals surface area contributed by atoms with Gasteiger partial charge in [-0.2, -0.15) is 0 Å². The molecule has 0 spiro atoms. The molecule has 7 heteroatoms. The van der Waals surface area contributed by atoms with Crippen LogP contribution in [0.5, 0.6) is 0 Å². The van der Waals surface area contributed by atoms with Crippen molar-refractivity contribution < 1.29 is 18.4 Å². The van der Waals surface area contributed by atoms with Crippen LogP contribution < -0.4 is 0 Å². The summed E-state index contributed by atoms with van der Waals surface area (Å²) in [6.45, 7) is 3.78. The van der Waals surface area contributed by atoms with Gasteiger partial charge >= 0.3 is 0 Å². The zero-order valence-corrected chi connectivity index (χ0v) is 15.6. The van der Waals surface area contributed by atoms with Gasteiger partial charge in [0.2, 0.25) is 11.8 Å². The molecule has 0 N–H and O–H groups in total. The monoisotopic (exact) mass is 379 g/mol. The number of oxazole rings is 1. The van der Waals surface area contributed by atoms with Gasteiger partial charge in [0, 0.05) is 31.7 Å². The molecule has 28 heavy (non-hydrogen) atoms. The maximum absolute atomic E-state index is 12.7. The first-order chi connectivity index (χ1) is 13.6. The Morgan fingerprint density at radius 2 is 1.71 bits per heavy atom. The molecule has 1 aliphatic rings. The summed E-state index contributed by atoms with van der Waals surface area (Å²) < 4.78 is 10.9. The number of hydrogen-bond acceptors (Lipinski definition) is 5. The van der Waals surface area contributed by atoms with Gasteiger partial charge < -0.3 is 18.6 Å². The Labute approximate surface area is 162 Å². The summed E-state index contributed by atoms with van der Waals surface area (Å²) in [5, 5.41) is 0. The average molecular weight is 379 g/mol. The fourth-order valence-corrected chi connectivity index (χ4v) is 3.27. The van der Waals surface area contributed by atoms with Gasteiger partial charge in [0.15, 0.2) is 5.76 Å². The van der Waals surface area contributed by atoms with E-state index in [0.29, 0.717) is 49.3 Å². The van der Waals surface area contributed by atoms with Crippen molar-refractivity contribution in [3.8, 4) is 11.5 Å². The molecule has 7 nitrogen and oxygen atoms in total. The first-order valence-electron chi connectivity index (χ1n) is 9.24. The summed E-state index contributed by atoms with van der Waals surface area (Å²) in [6.07, 6.45) is 1.67. The maximum atomic E-state index is 12.7. The zero-order chi connectivity index (χ0) is 19.5. The van der Waals surface area contributed by atoms with Crippen molar-refractivity contribution in [3.63, 3.8) is 0 Å². The van der Waals surface area contributed by atoms with E-state index in [1.165, 1.54) is 6.26 Å². The van der Waals surface area contributed by atoms with Crippen LogP contribution in [0.25, 0.3) is 11.5 Å². The van der Waals surface area contributed by atoms with Crippen molar-refractivity contribution in [2.45, 2.75) is 13.3 Å². The molecule has 3 aromatic rings. The second-order valence-corrected chi connectivity index (χ2v) is 6.71. The van der Waals surface area contributed by atoms with Crippen LogP contribution in [0, 0.1) is 6.92 Å². The summed E-state index contributed by atoms with van der Waals surface area (Å²) in [6, 6.07) is 13.0. The van der Waals surface area contributed by atoms with Crippen LogP contribution >= 0.6 is 0 Å². The summed E-state index contributed by atoms with van der Waals surface area (Å²) >= 11 is 0. The molecule has 0 saturated carbocycles. The largest absolute Gasteiger partial charge is 0.459 e. The molecule has 4 rings (SSSR count). The smallest absolute Gasteiger partial charge is 0.289 e. The number of amides is 2. The Morgan fingerprint density at radius 1 is 1.00 bits per heavy atom. The summed E-state index contributed by atoms with van der Waals surface area (Å²) in [7, 11) is 0. The predicted molar refractivity (Wildman–Crippen MR) is 102 cm³/mol. The molecule has 0 aliphatic carbocycles. The van der Waals surface area contributed by atoms with Gasteiger partial charge in [-0.1, -0.05) is 18.2 Å². The number of nitrogens with zero attached hydrogens (tertiary/aromatic N) is 3. The lowest BCUT2D eigenvalue weighted by atomic mass is 10.2. The number of benzene rings is 1. The van der Waals surface area contributed by atoms with Crippen molar-refractivity contribution in [2.75, 3.05) is 26.2 Å². The molecule has 2 aromatic heterocycles. The number of carbonyl (C=O) groups excluding carboxylic acids is 2. The third-order valence-corrected chi connectivity index (χ3v) is 4.88. The van der Waals surface area contributed by atoms with E-state index in [4.69, 9.17) is 8.83 Å². The quantitative estimate of drug-likeness (QED) is 0.696. The van der Waals surface area contributed by atoms with Crippen LogP contribution in [0.2, 0.25) is 0 Å². The number of aryl methyl sites for hydroxylation is 1. The second-order valence-electron chi connectivity index (χ2n) is 6.71. The maximum Gasteiger partial charge on any atom is 0.289 e. The standard InChI is InChI=1S/C21H21N3O4/c1-15-17(22-20(28-15)16-6-3-2-4-7-16)14-19(25)23-9-11-24(12-10-23)21(26)18-8-5-13-27-18/h2-8,13H,9-12,14H2,1H3. The first kappa shape index (κ1) is 18.0. The van der Waals surface area contributed by atoms with Crippen molar-refractivity contribution >= 4 is 11.8 Å². The van der Waals surface area contributed by atoms with Crippen molar-refractivity contribution in [2.24, 2.45) is 0 Å². The Hall–Kier alpha value is -3.35. The highest BCUT2D eigenvalue weighted by Crippen LogP contribution is 2.22. The summed E-state index contributed by atoms with van der Waals surface area (Å²) in [5.74, 6) is 1.35. The van der Waals surface area contributed by atoms with E-state index < -0.39 is 0 Å². The normalized spacial score (nSPS) is 14.3. The highest BCUT2D eigenvalue weighted by Gasteiger charge is 2.27. The predicted octanol–water partition coefficient (Wildman–Crippen LogP) is 2.77. The molecule has 0 bridgehead atoms. The molecule has 144 valence electrons. The van der Waals surface area contributed by atoms with Crippen LogP contribution in [-0.4, -0.2) is 52.8 Å². The second kappa shape index (κ2) is 7.72. The third kappa shape index (κ3) is 3.69. The molecule has 0 unspecified atom stereocenters. The molecule has 1 aromatic carbocycles. The van der Waals surface area contributed by atoms with E-state index in [2.05, 4.69) is 4.98 Å². The number of hydrogen-bond donors (Lipinski definition) is 0. The minimum Gasteiger partial charge on any atom is -0.459 e. The highest BCUT2D eigenvalue weighted by atomic mass is 16.4. The Kier molecular flexibility index (Phi) is 4.97. The van der Waals surface area contributed by atoms with E-state index in [1.54, 1.807) is 21.9 Å².